The lowest BCUT2D eigenvalue weighted by atomic mass is 9.89. The average Bonchev–Trinajstić information content (AvgIpc) is 3.40. The van der Waals surface area contributed by atoms with E-state index in [1.54, 1.807) is 19.1 Å². The van der Waals surface area contributed by atoms with Crippen molar-refractivity contribution in [3.05, 3.63) is 77.3 Å². The van der Waals surface area contributed by atoms with Gasteiger partial charge in [0.05, 0.1) is 0 Å². The minimum Gasteiger partial charge on any atom is -0.360 e. The van der Waals surface area contributed by atoms with Crippen molar-refractivity contribution < 1.29 is 13.7 Å². The number of carbonyl (C=O) groups is 1. The van der Waals surface area contributed by atoms with Crippen LogP contribution in [0.2, 0.25) is 0 Å². The van der Waals surface area contributed by atoms with E-state index in [4.69, 9.17) is 4.52 Å². The number of halogens is 2. The van der Waals surface area contributed by atoms with Crippen LogP contribution >= 0.6 is 12.4 Å². The lowest BCUT2D eigenvalue weighted by molar-refractivity contribution is 0.0766. The number of aromatic nitrogens is 1. The Morgan fingerprint density at radius 2 is 1.87 bits per heavy atom. The van der Waals surface area contributed by atoms with Gasteiger partial charge in [-0.05, 0) is 37.6 Å². The minimum atomic E-state index is -0.220. The smallest absolute Gasteiger partial charge is 0.259 e. The fraction of sp³-hybridized carbons (Fsp3) is 0.333. The van der Waals surface area contributed by atoms with Crippen molar-refractivity contribution in [2.45, 2.75) is 13.0 Å². The summed E-state index contributed by atoms with van der Waals surface area (Å²) >= 11 is 0. The molecule has 0 N–H and O–H groups in total. The number of fused-ring (bicyclic) bond motifs is 1. The Balaban J connectivity index is 0.00000231. The SMILES string of the molecule is Cc1onc(-c2ccccc2)c1C(=O)N1C[C@@H]2CN(C)[C@@H](c3cccc(F)c3)[C@@H]2C1.Cl. The lowest BCUT2D eigenvalue weighted by Crippen LogP contribution is -2.33. The molecule has 3 aromatic rings. The fourth-order valence-corrected chi connectivity index (χ4v) is 5.19. The van der Waals surface area contributed by atoms with Crippen LogP contribution < -0.4 is 0 Å². The van der Waals surface area contributed by atoms with Gasteiger partial charge in [-0.3, -0.25) is 9.69 Å². The summed E-state index contributed by atoms with van der Waals surface area (Å²) in [5.41, 5.74) is 2.98. The number of likely N-dealkylation sites (tertiary alicyclic amines) is 2. The summed E-state index contributed by atoms with van der Waals surface area (Å²) in [6, 6.07) is 16.6. The molecule has 7 heteroatoms. The highest BCUT2D eigenvalue weighted by molar-refractivity contribution is 6.01. The highest BCUT2D eigenvalue weighted by Crippen LogP contribution is 2.44. The maximum absolute atomic E-state index is 13.8. The van der Waals surface area contributed by atoms with E-state index in [1.165, 1.54) is 6.07 Å². The van der Waals surface area contributed by atoms with E-state index in [9.17, 15) is 9.18 Å². The van der Waals surface area contributed by atoms with Crippen LogP contribution in [0.3, 0.4) is 0 Å². The zero-order valence-electron chi connectivity index (χ0n) is 17.5. The molecule has 0 aliphatic carbocycles. The standard InChI is InChI=1S/C24H24FN3O2.ClH/c1-15-21(22(26-30-15)16-7-4-3-5-8-16)24(29)28-13-18-12-27(2)23(20(18)14-28)17-9-6-10-19(25)11-17;/h3-11,18,20,23H,12-14H2,1-2H3;1H/t18-,20+,23-;/m0./s1. The zero-order valence-corrected chi connectivity index (χ0v) is 18.3. The second kappa shape index (κ2) is 8.44. The Labute approximate surface area is 187 Å². The molecule has 2 aliphatic heterocycles. The van der Waals surface area contributed by atoms with Crippen LogP contribution in [0, 0.1) is 24.6 Å². The van der Waals surface area contributed by atoms with E-state index in [0.29, 0.717) is 36.0 Å². The van der Waals surface area contributed by atoms with Gasteiger partial charge in [-0.25, -0.2) is 4.39 Å². The number of aryl methyl sites for hydroxylation is 1. The first-order chi connectivity index (χ1) is 14.5. The largest absolute Gasteiger partial charge is 0.360 e. The summed E-state index contributed by atoms with van der Waals surface area (Å²) in [5.74, 6) is 0.925. The second-order valence-electron chi connectivity index (χ2n) is 8.40. The first-order valence-electron chi connectivity index (χ1n) is 10.3. The van der Waals surface area contributed by atoms with Gasteiger partial charge in [0.1, 0.15) is 22.8 Å². The van der Waals surface area contributed by atoms with Crippen LogP contribution in [0.5, 0.6) is 0 Å². The number of benzene rings is 2. The molecule has 31 heavy (non-hydrogen) atoms. The molecule has 2 aliphatic rings. The minimum absolute atomic E-state index is 0. The molecular formula is C24H25ClFN3O2. The van der Waals surface area contributed by atoms with Gasteiger partial charge in [0.15, 0.2) is 0 Å². The Morgan fingerprint density at radius 1 is 1.10 bits per heavy atom. The molecule has 0 bridgehead atoms. The van der Waals surface area contributed by atoms with Crippen LogP contribution in [-0.2, 0) is 0 Å². The molecule has 0 saturated carbocycles. The molecule has 5 rings (SSSR count). The maximum Gasteiger partial charge on any atom is 0.259 e. The number of nitrogens with zero attached hydrogens (tertiary/aromatic N) is 3. The third kappa shape index (κ3) is 3.75. The van der Waals surface area contributed by atoms with Crippen molar-refractivity contribution in [1.82, 2.24) is 15.0 Å². The van der Waals surface area contributed by atoms with Gasteiger partial charge in [-0.1, -0.05) is 47.6 Å². The number of hydrogen-bond donors (Lipinski definition) is 0. The Hall–Kier alpha value is -2.70. The van der Waals surface area contributed by atoms with Crippen molar-refractivity contribution >= 4 is 18.3 Å². The molecular weight excluding hydrogens is 417 g/mol. The number of carbonyl (C=O) groups excluding carboxylic acids is 1. The zero-order chi connectivity index (χ0) is 20.8. The Morgan fingerprint density at radius 3 is 2.61 bits per heavy atom. The molecule has 5 nitrogen and oxygen atoms in total. The number of rotatable bonds is 3. The van der Waals surface area contributed by atoms with E-state index in [0.717, 1.165) is 17.7 Å². The lowest BCUT2D eigenvalue weighted by Gasteiger charge is -2.27. The Bertz CT molecular complexity index is 1090. The highest BCUT2D eigenvalue weighted by atomic mass is 35.5. The van der Waals surface area contributed by atoms with E-state index >= 15 is 0 Å². The van der Waals surface area contributed by atoms with Crippen LogP contribution in [0.15, 0.2) is 59.1 Å². The third-order valence-corrected chi connectivity index (χ3v) is 6.50. The van der Waals surface area contributed by atoms with Crippen LogP contribution in [0.4, 0.5) is 4.39 Å². The van der Waals surface area contributed by atoms with E-state index in [-0.39, 0.29) is 36.1 Å². The normalized spacial score (nSPS) is 22.9. The molecule has 2 aromatic carbocycles. The van der Waals surface area contributed by atoms with Crippen molar-refractivity contribution in [2.75, 3.05) is 26.7 Å². The van der Waals surface area contributed by atoms with Crippen molar-refractivity contribution in [3.8, 4) is 11.3 Å². The fourth-order valence-electron chi connectivity index (χ4n) is 5.19. The van der Waals surface area contributed by atoms with Gasteiger partial charge in [-0.2, -0.15) is 0 Å². The predicted octanol–water partition coefficient (Wildman–Crippen LogP) is 4.59. The van der Waals surface area contributed by atoms with Gasteiger partial charge in [0, 0.05) is 37.2 Å². The first-order valence-corrected chi connectivity index (χ1v) is 10.3. The molecule has 0 spiro atoms. The molecule has 2 saturated heterocycles. The van der Waals surface area contributed by atoms with Crippen molar-refractivity contribution in [2.24, 2.45) is 11.8 Å². The second-order valence-corrected chi connectivity index (χ2v) is 8.40. The average molecular weight is 442 g/mol. The molecule has 0 radical (unpaired) electrons. The van der Waals surface area contributed by atoms with Crippen LogP contribution in [-0.4, -0.2) is 47.5 Å². The summed E-state index contributed by atoms with van der Waals surface area (Å²) in [4.78, 5) is 17.7. The van der Waals surface area contributed by atoms with Crippen molar-refractivity contribution in [3.63, 3.8) is 0 Å². The summed E-state index contributed by atoms with van der Waals surface area (Å²) in [5, 5.41) is 4.16. The number of amides is 1. The summed E-state index contributed by atoms with van der Waals surface area (Å²) in [7, 11) is 2.08. The number of hydrogen-bond acceptors (Lipinski definition) is 4. The molecule has 2 fully saturated rings. The van der Waals surface area contributed by atoms with Crippen molar-refractivity contribution in [1.29, 1.82) is 0 Å². The molecule has 1 amide bonds. The van der Waals surface area contributed by atoms with Crippen LogP contribution in [0.25, 0.3) is 11.3 Å². The molecule has 3 atom stereocenters. The van der Waals surface area contributed by atoms with Crippen LogP contribution in [0.1, 0.15) is 27.7 Å². The van der Waals surface area contributed by atoms with E-state index < -0.39 is 0 Å². The van der Waals surface area contributed by atoms with Gasteiger partial charge in [0.2, 0.25) is 0 Å². The van der Waals surface area contributed by atoms with E-state index in [2.05, 4.69) is 17.1 Å². The first kappa shape index (κ1) is 21.5. The van der Waals surface area contributed by atoms with Gasteiger partial charge in [-0.15, -0.1) is 12.4 Å². The molecule has 1 aromatic heterocycles. The Kier molecular flexibility index (Phi) is 5.86. The summed E-state index contributed by atoms with van der Waals surface area (Å²) in [6.07, 6.45) is 0. The highest BCUT2D eigenvalue weighted by Gasteiger charge is 2.48. The van der Waals surface area contributed by atoms with Gasteiger partial charge >= 0.3 is 0 Å². The third-order valence-electron chi connectivity index (χ3n) is 6.50. The van der Waals surface area contributed by atoms with Gasteiger partial charge in [0.25, 0.3) is 5.91 Å². The predicted molar refractivity (Wildman–Crippen MR) is 119 cm³/mol. The van der Waals surface area contributed by atoms with Gasteiger partial charge < -0.3 is 9.42 Å². The monoisotopic (exact) mass is 441 g/mol. The topological polar surface area (TPSA) is 49.6 Å². The summed E-state index contributed by atoms with van der Waals surface area (Å²) in [6.45, 7) is 4.02. The molecule has 3 heterocycles. The molecule has 162 valence electrons. The quantitative estimate of drug-likeness (QED) is 0.596. The summed E-state index contributed by atoms with van der Waals surface area (Å²) < 4.78 is 19.2. The molecule has 0 unspecified atom stereocenters. The van der Waals surface area contributed by atoms with E-state index in [1.807, 2.05) is 41.3 Å². The maximum atomic E-state index is 13.8.